The summed E-state index contributed by atoms with van der Waals surface area (Å²) in [7, 11) is 2.72. The molecule has 6 nitrogen and oxygen atoms in total. The molecule has 4 aromatic carbocycles. The van der Waals surface area contributed by atoms with Gasteiger partial charge in [0.15, 0.2) is 0 Å². The van der Waals surface area contributed by atoms with Crippen molar-refractivity contribution in [1.82, 2.24) is 0 Å². The Morgan fingerprint density at radius 1 is 0.579 bits per heavy atom. The van der Waals surface area contributed by atoms with Crippen LogP contribution < -0.4 is 20.1 Å². The van der Waals surface area contributed by atoms with Crippen LogP contribution in [0.15, 0.2) is 72.8 Å². The van der Waals surface area contributed by atoms with Crippen molar-refractivity contribution < 1.29 is 36.6 Å². The Bertz CT molecular complexity index is 1390. The minimum atomic E-state index is -1.00. The van der Waals surface area contributed by atoms with Gasteiger partial charge in [0.1, 0.15) is 45.9 Å². The van der Waals surface area contributed by atoms with Gasteiger partial charge < -0.3 is 20.1 Å². The molecule has 4 rings (SSSR count). The van der Waals surface area contributed by atoms with E-state index in [1.54, 1.807) is 24.3 Å². The van der Waals surface area contributed by atoms with E-state index in [2.05, 4.69) is 10.6 Å². The molecular formula is C28H20F4N2O4. The number of benzene rings is 4. The Morgan fingerprint density at radius 2 is 0.921 bits per heavy atom. The molecule has 0 aliphatic carbocycles. The Labute approximate surface area is 214 Å². The molecule has 0 saturated carbocycles. The molecule has 0 fully saturated rings. The number of nitrogens with one attached hydrogen (secondary N) is 2. The van der Waals surface area contributed by atoms with E-state index in [1.165, 1.54) is 26.4 Å². The summed E-state index contributed by atoms with van der Waals surface area (Å²) in [6.45, 7) is 0. The first-order chi connectivity index (χ1) is 18.2. The van der Waals surface area contributed by atoms with Crippen molar-refractivity contribution in [2.45, 2.75) is 0 Å². The summed E-state index contributed by atoms with van der Waals surface area (Å²) in [6.07, 6.45) is 0. The second-order valence-corrected chi connectivity index (χ2v) is 7.93. The van der Waals surface area contributed by atoms with Crippen LogP contribution in [0.1, 0.15) is 20.7 Å². The molecule has 194 valence electrons. The number of halogens is 4. The Kier molecular flexibility index (Phi) is 7.61. The molecule has 0 atom stereocenters. The fourth-order valence-electron chi connectivity index (χ4n) is 3.75. The van der Waals surface area contributed by atoms with Crippen molar-refractivity contribution in [2.24, 2.45) is 0 Å². The van der Waals surface area contributed by atoms with E-state index in [0.717, 1.165) is 36.4 Å². The second-order valence-electron chi connectivity index (χ2n) is 7.93. The monoisotopic (exact) mass is 524 g/mol. The summed E-state index contributed by atoms with van der Waals surface area (Å²) in [4.78, 5) is 25.0. The van der Waals surface area contributed by atoms with Crippen molar-refractivity contribution in [3.8, 4) is 22.6 Å². The number of ether oxygens (including phenoxy) is 2. The Balaban J connectivity index is 1.59. The summed E-state index contributed by atoms with van der Waals surface area (Å²) in [5, 5.41) is 4.88. The molecule has 2 N–H and O–H groups in total. The van der Waals surface area contributed by atoms with E-state index in [4.69, 9.17) is 9.47 Å². The number of amides is 2. The van der Waals surface area contributed by atoms with Crippen molar-refractivity contribution in [3.05, 3.63) is 107 Å². The molecule has 0 aliphatic rings. The molecule has 2 amide bonds. The van der Waals surface area contributed by atoms with E-state index in [-0.39, 0.29) is 22.9 Å². The lowest BCUT2D eigenvalue weighted by Crippen LogP contribution is -2.16. The van der Waals surface area contributed by atoms with Gasteiger partial charge in [-0.3, -0.25) is 9.59 Å². The summed E-state index contributed by atoms with van der Waals surface area (Å²) >= 11 is 0. The average molecular weight is 524 g/mol. The lowest BCUT2D eigenvalue weighted by atomic mass is 10.0. The van der Waals surface area contributed by atoms with Crippen LogP contribution in [-0.4, -0.2) is 26.0 Å². The zero-order chi connectivity index (χ0) is 27.4. The van der Waals surface area contributed by atoms with Gasteiger partial charge >= 0.3 is 0 Å². The van der Waals surface area contributed by atoms with Crippen molar-refractivity contribution in [1.29, 1.82) is 0 Å². The smallest absolute Gasteiger partial charge is 0.261 e. The van der Waals surface area contributed by atoms with Gasteiger partial charge in [-0.05, 0) is 59.7 Å². The predicted molar refractivity (Wildman–Crippen MR) is 134 cm³/mol. The molecule has 0 aromatic heterocycles. The van der Waals surface area contributed by atoms with E-state index in [0.29, 0.717) is 11.1 Å². The summed E-state index contributed by atoms with van der Waals surface area (Å²) in [5.41, 5.74) is 0.104. The van der Waals surface area contributed by atoms with Crippen LogP contribution in [-0.2, 0) is 0 Å². The largest absolute Gasteiger partial charge is 0.495 e. The SMILES string of the molecule is COc1cc(-c2ccc(NC(=O)c3c(F)cccc3F)c(OC)c2)ccc1NC(=O)c1c(F)cccc1F. The normalized spacial score (nSPS) is 10.6. The minimum Gasteiger partial charge on any atom is -0.495 e. The molecule has 0 bridgehead atoms. The minimum absolute atomic E-state index is 0.173. The first-order valence-electron chi connectivity index (χ1n) is 11.1. The standard InChI is InChI=1S/C28H20F4N2O4/c1-37-23-13-15(9-11-21(23)33-27(35)25-17(29)5-3-6-18(25)30)16-10-12-22(24(14-16)38-2)34-28(36)26-19(31)7-4-8-20(26)32/h3-14H,1-2H3,(H,33,35)(H,34,36). The fourth-order valence-corrected chi connectivity index (χ4v) is 3.75. The highest BCUT2D eigenvalue weighted by Crippen LogP contribution is 2.35. The van der Waals surface area contributed by atoms with Crippen LogP contribution in [0.2, 0.25) is 0 Å². The third-order valence-corrected chi connectivity index (χ3v) is 5.61. The number of methoxy groups -OCH3 is 2. The number of carbonyl (C=O) groups is 2. The average Bonchev–Trinajstić information content (AvgIpc) is 2.89. The number of hydrogen-bond donors (Lipinski definition) is 2. The summed E-state index contributed by atoms with van der Waals surface area (Å²) in [6, 6.07) is 15.6. The predicted octanol–water partition coefficient (Wildman–Crippen LogP) is 6.43. The maximum Gasteiger partial charge on any atom is 0.261 e. The van der Waals surface area contributed by atoms with E-state index in [1.807, 2.05) is 0 Å². The third-order valence-electron chi connectivity index (χ3n) is 5.61. The van der Waals surface area contributed by atoms with Crippen LogP contribution in [0, 0.1) is 23.3 Å². The molecule has 0 radical (unpaired) electrons. The topological polar surface area (TPSA) is 76.7 Å². The van der Waals surface area contributed by atoms with Crippen molar-refractivity contribution >= 4 is 23.2 Å². The van der Waals surface area contributed by atoms with E-state index < -0.39 is 46.2 Å². The molecule has 0 unspecified atom stereocenters. The van der Waals surface area contributed by atoms with Gasteiger partial charge in [-0.25, -0.2) is 17.6 Å². The van der Waals surface area contributed by atoms with Gasteiger partial charge in [-0.15, -0.1) is 0 Å². The molecule has 0 spiro atoms. The van der Waals surface area contributed by atoms with E-state index >= 15 is 0 Å². The summed E-state index contributed by atoms with van der Waals surface area (Å²) in [5.74, 6) is -5.58. The second kappa shape index (κ2) is 11.0. The lowest BCUT2D eigenvalue weighted by Gasteiger charge is -2.15. The molecule has 0 saturated heterocycles. The van der Waals surface area contributed by atoms with Crippen LogP contribution in [0.4, 0.5) is 28.9 Å². The van der Waals surface area contributed by atoms with Gasteiger partial charge in [0.25, 0.3) is 11.8 Å². The van der Waals surface area contributed by atoms with E-state index in [9.17, 15) is 27.2 Å². The molecule has 38 heavy (non-hydrogen) atoms. The molecule has 0 heterocycles. The highest BCUT2D eigenvalue weighted by molar-refractivity contribution is 6.06. The first kappa shape index (κ1) is 26.2. The number of rotatable bonds is 7. The fraction of sp³-hybridized carbons (Fsp3) is 0.0714. The van der Waals surface area contributed by atoms with Gasteiger partial charge in [0.05, 0.1) is 25.6 Å². The maximum absolute atomic E-state index is 14.0. The molecule has 10 heteroatoms. The van der Waals surface area contributed by atoms with Gasteiger partial charge in [-0.2, -0.15) is 0 Å². The number of anilines is 2. The zero-order valence-electron chi connectivity index (χ0n) is 20.1. The Hall–Kier alpha value is -4.86. The van der Waals surface area contributed by atoms with Crippen molar-refractivity contribution in [3.63, 3.8) is 0 Å². The van der Waals surface area contributed by atoms with Gasteiger partial charge in [0.2, 0.25) is 0 Å². The lowest BCUT2D eigenvalue weighted by molar-refractivity contribution is 0.101. The maximum atomic E-state index is 14.0. The highest BCUT2D eigenvalue weighted by atomic mass is 19.1. The van der Waals surface area contributed by atoms with Crippen LogP contribution >= 0.6 is 0 Å². The summed E-state index contributed by atoms with van der Waals surface area (Å²) < 4.78 is 66.6. The Morgan fingerprint density at radius 3 is 1.24 bits per heavy atom. The number of carbonyl (C=O) groups excluding carboxylic acids is 2. The first-order valence-corrected chi connectivity index (χ1v) is 11.1. The van der Waals surface area contributed by atoms with Crippen LogP contribution in [0.3, 0.4) is 0 Å². The molecule has 0 aliphatic heterocycles. The zero-order valence-corrected chi connectivity index (χ0v) is 20.1. The van der Waals surface area contributed by atoms with Crippen molar-refractivity contribution in [2.75, 3.05) is 24.9 Å². The van der Waals surface area contributed by atoms with Gasteiger partial charge in [-0.1, -0.05) is 24.3 Å². The van der Waals surface area contributed by atoms with Crippen LogP contribution in [0.5, 0.6) is 11.5 Å². The third kappa shape index (κ3) is 5.29. The quantitative estimate of drug-likeness (QED) is 0.273. The number of hydrogen-bond acceptors (Lipinski definition) is 4. The molecular weight excluding hydrogens is 504 g/mol. The molecule has 4 aromatic rings. The van der Waals surface area contributed by atoms with Gasteiger partial charge in [0, 0.05) is 0 Å². The highest BCUT2D eigenvalue weighted by Gasteiger charge is 2.20. The van der Waals surface area contributed by atoms with Crippen LogP contribution in [0.25, 0.3) is 11.1 Å².